The number of nitrogens with one attached hydrogen (secondary N) is 1. The highest BCUT2D eigenvalue weighted by atomic mass is 35.5. The maximum Gasteiger partial charge on any atom is 0.165 e. The van der Waals surface area contributed by atoms with Crippen LogP contribution < -0.4 is 11.1 Å². The molecule has 3 N–H and O–H groups in total. The first-order chi connectivity index (χ1) is 10.1. The fourth-order valence-corrected chi connectivity index (χ4v) is 2.25. The SMILES string of the molecule is Cc1ccc2c(Nc3cccc(Cl)c3F)ncnc2c1N. The number of benzene rings is 2. The summed E-state index contributed by atoms with van der Waals surface area (Å²) in [5.41, 5.74) is 8.43. The van der Waals surface area contributed by atoms with Gasteiger partial charge in [0.15, 0.2) is 5.82 Å². The number of rotatable bonds is 2. The molecule has 0 fully saturated rings. The van der Waals surface area contributed by atoms with Crippen LogP contribution in [0.5, 0.6) is 0 Å². The van der Waals surface area contributed by atoms with Crippen molar-refractivity contribution in [2.75, 3.05) is 11.1 Å². The number of nitrogens with two attached hydrogens (primary N) is 1. The zero-order chi connectivity index (χ0) is 15.0. The standard InChI is InChI=1S/C15H12ClFN4/c1-8-5-6-9-14(13(8)18)19-7-20-15(9)21-11-4-2-3-10(16)12(11)17/h2-7H,18H2,1H3,(H,19,20,21). The number of aromatic nitrogens is 2. The van der Waals surface area contributed by atoms with Gasteiger partial charge >= 0.3 is 0 Å². The van der Waals surface area contributed by atoms with Gasteiger partial charge in [-0.05, 0) is 30.7 Å². The average Bonchev–Trinajstić information content (AvgIpc) is 2.48. The van der Waals surface area contributed by atoms with Crippen LogP contribution in [0.4, 0.5) is 21.6 Å². The van der Waals surface area contributed by atoms with Crippen molar-refractivity contribution in [3.05, 3.63) is 53.1 Å². The fourth-order valence-electron chi connectivity index (χ4n) is 2.08. The Morgan fingerprint density at radius 1 is 1.19 bits per heavy atom. The van der Waals surface area contributed by atoms with Gasteiger partial charge in [-0.2, -0.15) is 0 Å². The lowest BCUT2D eigenvalue weighted by Crippen LogP contribution is -2.00. The van der Waals surface area contributed by atoms with E-state index >= 15 is 0 Å². The van der Waals surface area contributed by atoms with Crippen LogP contribution >= 0.6 is 11.6 Å². The minimum Gasteiger partial charge on any atom is -0.397 e. The Morgan fingerprint density at radius 3 is 2.81 bits per heavy atom. The quantitative estimate of drug-likeness (QED) is 0.701. The van der Waals surface area contributed by atoms with Crippen LogP contribution in [-0.4, -0.2) is 9.97 Å². The highest BCUT2D eigenvalue weighted by molar-refractivity contribution is 6.31. The molecule has 0 atom stereocenters. The van der Waals surface area contributed by atoms with Gasteiger partial charge in [0.1, 0.15) is 12.1 Å². The van der Waals surface area contributed by atoms with Gasteiger partial charge in [-0.25, -0.2) is 14.4 Å². The second-order valence-electron chi connectivity index (χ2n) is 4.64. The molecule has 1 aromatic heterocycles. The molecule has 0 unspecified atom stereocenters. The minimum atomic E-state index is -0.522. The van der Waals surface area contributed by atoms with Gasteiger partial charge in [0.05, 0.1) is 21.9 Å². The number of aryl methyl sites for hydroxylation is 1. The molecule has 21 heavy (non-hydrogen) atoms. The van der Waals surface area contributed by atoms with Crippen LogP contribution in [-0.2, 0) is 0 Å². The molecule has 0 saturated heterocycles. The summed E-state index contributed by atoms with van der Waals surface area (Å²) < 4.78 is 14.0. The number of hydrogen-bond donors (Lipinski definition) is 2. The topological polar surface area (TPSA) is 63.8 Å². The molecule has 4 nitrogen and oxygen atoms in total. The smallest absolute Gasteiger partial charge is 0.165 e. The first-order valence-corrected chi connectivity index (χ1v) is 6.66. The summed E-state index contributed by atoms with van der Waals surface area (Å²) in [6, 6.07) is 8.47. The Bertz CT molecular complexity index is 835. The second-order valence-corrected chi connectivity index (χ2v) is 5.05. The van der Waals surface area contributed by atoms with Crippen molar-refractivity contribution in [3.63, 3.8) is 0 Å². The predicted molar refractivity (Wildman–Crippen MR) is 83.4 cm³/mol. The summed E-state index contributed by atoms with van der Waals surface area (Å²) in [5.74, 6) is -0.0427. The van der Waals surface area contributed by atoms with Crippen molar-refractivity contribution >= 4 is 39.7 Å². The molecule has 106 valence electrons. The first kappa shape index (κ1) is 13.6. The van der Waals surface area contributed by atoms with E-state index in [4.69, 9.17) is 17.3 Å². The lowest BCUT2D eigenvalue weighted by atomic mass is 10.1. The number of nitrogens with zero attached hydrogens (tertiary/aromatic N) is 2. The van der Waals surface area contributed by atoms with Gasteiger partial charge in [0.2, 0.25) is 0 Å². The fraction of sp³-hybridized carbons (Fsp3) is 0.0667. The van der Waals surface area contributed by atoms with Crippen molar-refractivity contribution in [2.24, 2.45) is 0 Å². The zero-order valence-electron chi connectivity index (χ0n) is 11.2. The molecule has 0 saturated carbocycles. The van der Waals surface area contributed by atoms with Crippen LogP contribution in [0.15, 0.2) is 36.7 Å². The van der Waals surface area contributed by atoms with Gasteiger partial charge in [-0.1, -0.05) is 23.7 Å². The lowest BCUT2D eigenvalue weighted by Gasteiger charge is -2.11. The summed E-state index contributed by atoms with van der Waals surface area (Å²) >= 11 is 5.78. The molecular formula is C15H12ClFN4. The van der Waals surface area contributed by atoms with Crippen LogP contribution in [0.25, 0.3) is 10.9 Å². The number of hydrogen-bond acceptors (Lipinski definition) is 4. The predicted octanol–water partition coefficient (Wildman–Crippen LogP) is 4.06. The largest absolute Gasteiger partial charge is 0.397 e. The highest BCUT2D eigenvalue weighted by Crippen LogP contribution is 2.30. The zero-order valence-corrected chi connectivity index (χ0v) is 11.9. The Hall–Kier alpha value is -2.40. The maximum absolute atomic E-state index is 14.0. The Labute approximate surface area is 125 Å². The molecule has 1 heterocycles. The van der Waals surface area contributed by atoms with E-state index < -0.39 is 5.82 Å². The number of anilines is 3. The normalized spacial score (nSPS) is 10.8. The van der Waals surface area contributed by atoms with E-state index in [9.17, 15) is 4.39 Å². The van der Waals surface area contributed by atoms with E-state index in [1.54, 1.807) is 12.1 Å². The van der Waals surface area contributed by atoms with Crippen molar-refractivity contribution < 1.29 is 4.39 Å². The molecule has 3 aromatic rings. The third kappa shape index (κ3) is 2.36. The molecule has 0 aliphatic heterocycles. The molecule has 3 rings (SSSR count). The van der Waals surface area contributed by atoms with Crippen LogP contribution in [0.2, 0.25) is 5.02 Å². The van der Waals surface area contributed by atoms with Crippen LogP contribution in [0, 0.1) is 12.7 Å². The Balaban J connectivity index is 2.13. The Morgan fingerprint density at radius 2 is 2.00 bits per heavy atom. The molecule has 0 aliphatic rings. The van der Waals surface area contributed by atoms with Crippen molar-refractivity contribution in [1.29, 1.82) is 0 Å². The van der Waals surface area contributed by atoms with Gasteiger partial charge in [-0.3, -0.25) is 0 Å². The number of halogens is 2. The third-order valence-corrected chi connectivity index (χ3v) is 3.56. The molecular weight excluding hydrogens is 291 g/mol. The monoisotopic (exact) mass is 302 g/mol. The average molecular weight is 303 g/mol. The molecule has 2 aromatic carbocycles. The Kier molecular flexibility index (Phi) is 3.35. The lowest BCUT2D eigenvalue weighted by molar-refractivity contribution is 0.632. The second kappa shape index (κ2) is 5.18. The van der Waals surface area contributed by atoms with E-state index in [0.717, 1.165) is 10.9 Å². The van der Waals surface area contributed by atoms with E-state index in [0.29, 0.717) is 17.0 Å². The van der Waals surface area contributed by atoms with Crippen molar-refractivity contribution in [3.8, 4) is 0 Å². The third-order valence-electron chi connectivity index (χ3n) is 3.27. The van der Waals surface area contributed by atoms with Gasteiger partial charge < -0.3 is 11.1 Å². The first-order valence-electron chi connectivity index (χ1n) is 6.28. The summed E-state index contributed by atoms with van der Waals surface area (Å²) in [6.07, 6.45) is 1.39. The summed E-state index contributed by atoms with van der Waals surface area (Å²) in [6.45, 7) is 1.90. The molecule has 0 aliphatic carbocycles. The van der Waals surface area contributed by atoms with Crippen LogP contribution in [0.1, 0.15) is 5.56 Å². The summed E-state index contributed by atoms with van der Waals surface area (Å²) in [7, 11) is 0. The van der Waals surface area contributed by atoms with E-state index in [1.807, 2.05) is 19.1 Å². The molecule has 0 radical (unpaired) electrons. The molecule has 0 amide bonds. The minimum absolute atomic E-state index is 0.0497. The summed E-state index contributed by atoms with van der Waals surface area (Å²) in [5, 5.41) is 3.71. The van der Waals surface area contributed by atoms with Crippen LogP contribution in [0.3, 0.4) is 0 Å². The molecule has 6 heteroatoms. The van der Waals surface area contributed by atoms with Gasteiger partial charge in [0, 0.05) is 5.39 Å². The number of nitrogen functional groups attached to an aromatic ring is 1. The van der Waals surface area contributed by atoms with Gasteiger partial charge in [-0.15, -0.1) is 0 Å². The molecule has 0 bridgehead atoms. The maximum atomic E-state index is 14.0. The number of fused-ring (bicyclic) bond motifs is 1. The van der Waals surface area contributed by atoms with E-state index in [1.165, 1.54) is 12.4 Å². The summed E-state index contributed by atoms with van der Waals surface area (Å²) in [4.78, 5) is 8.34. The van der Waals surface area contributed by atoms with E-state index in [-0.39, 0.29) is 10.7 Å². The van der Waals surface area contributed by atoms with E-state index in [2.05, 4.69) is 15.3 Å². The van der Waals surface area contributed by atoms with Gasteiger partial charge in [0.25, 0.3) is 0 Å². The highest BCUT2D eigenvalue weighted by Gasteiger charge is 2.11. The van der Waals surface area contributed by atoms with Crippen molar-refractivity contribution in [2.45, 2.75) is 6.92 Å². The molecule has 0 spiro atoms. The van der Waals surface area contributed by atoms with Crippen molar-refractivity contribution in [1.82, 2.24) is 9.97 Å².